The third kappa shape index (κ3) is 3.58. The van der Waals surface area contributed by atoms with Crippen molar-refractivity contribution >= 4 is 5.91 Å². The molecule has 0 aliphatic heterocycles. The van der Waals surface area contributed by atoms with Crippen molar-refractivity contribution in [2.24, 2.45) is 0 Å². The van der Waals surface area contributed by atoms with Gasteiger partial charge in [-0.3, -0.25) is 9.78 Å². The standard InChI is InChI=1S/C14H14FN3O/c1-10-8-18-13(9-17-10)14(19)16-7-6-11-4-2-3-5-12(11)15/h2-5,8-9H,6-7H2,1H3,(H,16,19). The van der Waals surface area contributed by atoms with Crippen LogP contribution in [0.4, 0.5) is 4.39 Å². The van der Waals surface area contributed by atoms with E-state index >= 15 is 0 Å². The summed E-state index contributed by atoms with van der Waals surface area (Å²) in [5.74, 6) is -0.560. The summed E-state index contributed by atoms with van der Waals surface area (Å²) in [7, 11) is 0. The van der Waals surface area contributed by atoms with Crippen LogP contribution in [0, 0.1) is 12.7 Å². The Kier molecular flexibility index (Phi) is 4.18. The number of aromatic nitrogens is 2. The van der Waals surface area contributed by atoms with Crippen LogP contribution in [0.1, 0.15) is 21.7 Å². The van der Waals surface area contributed by atoms with E-state index < -0.39 is 0 Å². The average Bonchev–Trinajstić information content (AvgIpc) is 2.41. The second-order valence-electron chi connectivity index (χ2n) is 4.14. The van der Waals surface area contributed by atoms with E-state index in [0.29, 0.717) is 18.5 Å². The van der Waals surface area contributed by atoms with Crippen molar-refractivity contribution in [3.63, 3.8) is 0 Å². The zero-order valence-electron chi connectivity index (χ0n) is 10.6. The Morgan fingerprint density at radius 2 is 2.05 bits per heavy atom. The molecule has 2 aromatic rings. The van der Waals surface area contributed by atoms with E-state index in [-0.39, 0.29) is 17.4 Å². The Bertz CT molecular complexity index is 569. The summed E-state index contributed by atoms with van der Waals surface area (Å²) in [6, 6.07) is 6.51. The lowest BCUT2D eigenvalue weighted by Gasteiger charge is -2.05. The molecule has 1 aromatic carbocycles. The normalized spacial score (nSPS) is 10.2. The molecule has 5 heteroatoms. The van der Waals surface area contributed by atoms with Gasteiger partial charge in [0.1, 0.15) is 11.5 Å². The number of carbonyl (C=O) groups excluding carboxylic acids is 1. The predicted octanol–water partition coefficient (Wildman–Crippen LogP) is 1.90. The van der Waals surface area contributed by atoms with Crippen LogP contribution in [0.2, 0.25) is 0 Å². The number of nitrogens with zero attached hydrogens (tertiary/aromatic N) is 2. The highest BCUT2D eigenvalue weighted by atomic mass is 19.1. The van der Waals surface area contributed by atoms with Gasteiger partial charge in [0.05, 0.1) is 11.9 Å². The monoisotopic (exact) mass is 259 g/mol. The third-order valence-corrected chi connectivity index (χ3v) is 2.65. The molecule has 19 heavy (non-hydrogen) atoms. The predicted molar refractivity (Wildman–Crippen MR) is 69.2 cm³/mol. The first-order chi connectivity index (χ1) is 9.16. The molecule has 0 spiro atoms. The second kappa shape index (κ2) is 6.04. The fraction of sp³-hybridized carbons (Fsp3) is 0.214. The van der Waals surface area contributed by atoms with Crippen molar-refractivity contribution < 1.29 is 9.18 Å². The van der Waals surface area contributed by atoms with Gasteiger partial charge in [-0.1, -0.05) is 18.2 Å². The van der Waals surface area contributed by atoms with Crippen molar-refractivity contribution in [3.05, 3.63) is 59.4 Å². The first-order valence-corrected chi connectivity index (χ1v) is 5.97. The molecular formula is C14H14FN3O. The fourth-order valence-corrected chi connectivity index (χ4v) is 1.61. The van der Waals surface area contributed by atoms with Gasteiger partial charge in [0.25, 0.3) is 5.91 Å². The average molecular weight is 259 g/mol. The van der Waals surface area contributed by atoms with E-state index in [0.717, 1.165) is 5.69 Å². The third-order valence-electron chi connectivity index (χ3n) is 2.65. The molecule has 0 unspecified atom stereocenters. The van der Waals surface area contributed by atoms with Crippen molar-refractivity contribution in [1.29, 1.82) is 0 Å². The summed E-state index contributed by atoms with van der Waals surface area (Å²) >= 11 is 0. The molecule has 4 nitrogen and oxygen atoms in total. The lowest BCUT2D eigenvalue weighted by atomic mass is 10.1. The molecule has 0 radical (unpaired) electrons. The van der Waals surface area contributed by atoms with E-state index in [1.54, 1.807) is 25.1 Å². The number of carbonyl (C=O) groups is 1. The molecule has 0 saturated carbocycles. The van der Waals surface area contributed by atoms with Crippen LogP contribution in [0.5, 0.6) is 0 Å². The molecule has 1 heterocycles. The van der Waals surface area contributed by atoms with E-state index in [2.05, 4.69) is 15.3 Å². The van der Waals surface area contributed by atoms with Crippen LogP contribution < -0.4 is 5.32 Å². The summed E-state index contributed by atoms with van der Waals surface area (Å²) in [5, 5.41) is 2.69. The quantitative estimate of drug-likeness (QED) is 0.912. The molecule has 0 saturated heterocycles. The minimum Gasteiger partial charge on any atom is -0.350 e. The Morgan fingerprint density at radius 1 is 1.26 bits per heavy atom. The van der Waals surface area contributed by atoms with Gasteiger partial charge in [-0.05, 0) is 25.0 Å². The van der Waals surface area contributed by atoms with Gasteiger partial charge in [0, 0.05) is 12.7 Å². The van der Waals surface area contributed by atoms with E-state index in [1.807, 2.05) is 0 Å². The van der Waals surface area contributed by atoms with E-state index in [9.17, 15) is 9.18 Å². The minimum absolute atomic E-state index is 0.258. The zero-order chi connectivity index (χ0) is 13.7. The summed E-state index contributed by atoms with van der Waals surface area (Å²) in [5.41, 5.74) is 1.60. The molecule has 1 aromatic heterocycles. The Morgan fingerprint density at radius 3 is 2.74 bits per heavy atom. The molecule has 1 amide bonds. The summed E-state index contributed by atoms with van der Waals surface area (Å²) < 4.78 is 13.3. The van der Waals surface area contributed by atoms with Gasteiger partial charge in [-0.2, -0.15) is 0 Å². The molecule has 2 rings (SSSR count). The number of nitrogens with one attached hydrogen (secondary N) is 1. The Balaban J connectivity index is 1.88. The Hall–Kier alpha value is -2.30. The van der Waals surface area contributed by atoms with Crippen LogP contribution >= 0.6 is 0 Å². The lowest BCUT2D eigenvalue weighted by molar-refractivity contribution is 0.0948. The van der Waals surface area contributed by atoms with Crippen molar-refractivity contribution in [2.75, 3.05) is 6.54 Å². The summed E-state index contributed by atoms with van der Waals surface area (Å²) in [6.45, 7) is 2.15. The number of halogens is 1. The Labute approximate surface area is 110 Å². The fourth-order valence-electron chi connectivity index (χ4n) is 1.61. The lowest BCUT2D eigenvalue weighted by Crippen LogP contribution is -2.26. The molecule has 0 atom stereocenters. The SMILES string of the molecule is Cc1cnc(C(=O)NCCc2ccccc2F)cn1. The summed E-state index contributed by atoms with van der Waals surface area (Å²) in [6.07, 6.45) is 3.40. The molecule has 0 bridgehead atoms. The number of aryl methyl sites for hydroxylation is 1. The highest BCUT2D eigenvalue weighted by Crippen LogP contribution is 2.06. The highest BCUT2D eigenvalue weighted by Gasteiger charge is 2.07. The first-order valence-electron chi connectivity index (χ1n) is 5.97. The molecule has 0 aliphatic carbocycles. The number of hydrogen-bond acceptors (Lipinski definition) is 3. The molecule has 0 aliphatic rings. The van der Waals surface area contributed by atoms with Crippen LogP contribution in [0.25, 0.3) is 0 Å². The van der Waals surface area contributed by atoms with Crippen LogP contribution in [0.15, 0.2) is 36.7 Å². The van der Waals surface area contributed by atoms with Crippen molar-refractivity contribution in [3.8, 4) is 0 Å². The van der Waals surface area contributed by atoms with Gasteiger partial charge in [-0.15, -0.1) is 0 Å². The van der Waals surface area contributed by atoms with Gasteiger partial charge in [0.15, 0.2) is 0 Å². The zero-order valence-corrected chi connectivity index (χ0v) is 10.6. The van der Waals surface area contributed by atoms with Gasteiger partial charge < -0.3 is 5.32 Å². The van der Waals surface area contributed by atoms with Gasteiger partial charge in [-0.25, -0.2) is 9.37 Å². The minimum atomic E-state index is -0.302. The number of benzene rings is 1. The maximum atomic E-state index is 13.3. The molecular weight excluding hydrogens is 245 g/mol. The molecule has 98 valence electrons. The highest BCUT2D eigenvalue weighted by molar-refractivity contribution is 5.91. The maximum absolute atomic E-state index is 13.3. The van der Waals surface area contributed by atoms with Gasteiger partial charge in [0.2, 0.25) is 0 Å². The second-order valence-corrected chi connectivity index (χ2v) is 4.14. The maximum Gasteiger partial charge on any atom is 0.271 e. The summed E-state index contributed by atoms with van der Waals surface area (Å²) in [4.78, 5) is 19.7. The topological polar surface area (TPSA) is 54.9 Å². The van der Waals surface area contributed by atoms with Crippen LogP contribution in [-0.2, 0) is 6.42 Å². The number of rotatable bonds is 4. The first kappa shape index (κ1) is 13.1. The van der Waals surface area contributed by atoms with E-state index in [4.69, 9.17) is 0 Å². The van der Waals surface area contributed by atoms with Crippen molar-refractivity contribution in [1.82, 2.24) is 15.3 Å². The van der Waals surface area contributed by atoms with Crippen LogP contribution in [-0.4, -0.2) is 22.4 Å². The van der Waals surface area contributed by atoms with Gasteiger partial charge >= 0.3 is 0 Å². The smallest absolute Gasteiger partial charge is 0.271 e. The number of amides is 1. The molecule has 0 fully saturated rings. The number of hydrogen-bond donors (Lipinski definition) is 1. The largest absolute Gasteiger partial charge is 0.350 e. The van der Waals surface area contributed by atoms with E-state index in [1.165, 1.54) is 18.5 Å². The van der Waals surface area contributed by atoms with Crippen molar-refractivity contribution in [2.45, 2.75) is 13.3 Å². The molecule has 1 N–H and O–H groups in total. The van der Waals surface area contributed by atoms with Crippen LogP contribution in [0.3, 0.4) is 0 Å².